The molecule has 1 saturated heterocycles. The number of hydrogen-bond donors (Lipinski definition) is 0. The van der Waals surface area contributed by atoms with Gasteiger partial charge in [-0.05, 0) is 11.8 Å². The molecule has 0 aromatic rings. The molecule has 0 aliphatic carbocycles. The van der Waals surface area contributed by atoms with Crippen LogP contribution in [0.1, 0.15) is 27.7 Å². The summed E-state index contributed by atoms with van der Waals surface area (Å²) in [5, 5.41) is 0. The standard InChI is InChI=1S/C10H18O2/c1-6(2)8-5-12-10(11)9(8)7(3)4/h6-9H,5H2,1-4H3/t8-,9-/m0/s1. The first-order valence-electron chi connectivity index (χ1n) is 4.70. The molecule has 0 aromatic heterocycles. The van der Waals surface area contributed by atoms with Gasteiger partial charge >= 0.3 is 5.97 Å². The van der Waals surface area contributed by atoms with Gasteiger partial charge in [-0.2, -0.15) is 0 Å². The second-order valence-electron chi connectivity index (χ2n) is 4.31. The molecule has 2 nitrogen and oxygen atoms in total. The van der Waals surface area contributed by atoms with E-state index in [4.69, 9.17) is 4.74 Å². The van der Waals surface area contributed by atoms with E-state index in [1.54, 1.807) is 0 Å². The van der Waals surface area contributed by atoms with E-state index in [2.05, 4.69) is 27.7 Å². The summed E-state index contributed by atoms with van der Waals surface area (Å²) in [4.78, 5) is 11.3. The Balaban J connectivity index is 2.70. The van der Waals surface area contributed by atoms with Gasteiger partial charge in [-0.3, -0.25) is 4.79 Å². The number of cyclic esters (lactones) is 1. The summed E-state index contributed by atoms with van der Waals surface area (Å²) >= 11 is 0. The Bertz CT molecular complexity index is 173. The second-order valence-corrected chi connectivity index (χ2v) is 4.31. The zero-order valence-electron chi connectivity index (χ0n) is 8.33. The SMILES string of the molecule is CC(C)[C@@H]1COC(=O)[C@H]1C(C)C. The molecule has 1 aliphatic heterocycles. The van der Waals surface area contributed by atoms with Gasteiger partial charge in [-0.1, -0.05) is 27.7 Å². The fourth-order valence-electron chi connectivity index (χ4n) is 1.93. The van der Waals surface area contributed by atoms with Gasteiger partial charge in [0.1, 0.15) is 0 Å². The van der Waals surface area contributed by atoms with Crippen LogP contribution in [0.15, 0.2) is 0 Å². The largest absolute Gasteiger partial charge is 0.465 e. The van der Waals surface area contributed by atoms with Crippen LogP contribution in [-0.2, 0) is 9.53 Å². The van der Waals surface area contributed by atoms with Gasteiger partial charge in [0, 0.05) is 5.92 Å². The number of carbonyl (C=O) groups is 1. The Morgan fingerprint density at radius 2 is 1.83 bits per heavy atom. The molecule has 0 saturated carbocycles. The van der Waals surface area contributed by atoms with Crippen LogP contribution in [0.2, 0.25) is 0 Å². The van der Waals surface area contributed by atoms with Crippen molar-refractivity contribution in [3.63, 3.8) is 0 Å². The van der Waals surface area contributed by atoms with Gasteiger partial charge in [0.2, 0.25) is 0 Å². The van der Waals surface area contributed by atoms with E-state index in [-0.39, 0.29) is 11.9 Å². The molecule has 2 atom stereocenters. The normalized spacial score (nSPS) is 30.0. The first kappa shape index (κ1) is 9.56. The summed E-state index contributed by atoms with van der Waals surface area (Å²) in [5.74, 6) is 1.52. The van der Waals surface area contributed by atoms with Crippen LogP contribution in [0, 0.1) is 23.7 Å². The zero-order valence-corrected chi connectivity index (χ0v) is 8.33. The van der Waals surface area contributed by atoms with Crippen LogP contribution < -0.4 is 0 Å². The third-order valence-electron chi connectivity index (χ3n) is 2.73. The number of hydrogen-bond acceptors (Lipinski definition) is 2. The van der Waals surface area contributed by atoms with Crippen molar-refractivity contribution in [3.05, 3.63) is 0 Å². The summed E-state index contributed by atoms with van der Waals surface area (Å²) in [6, 6.07) is 0. The summed E-state index contributed by atoms with van der Waals surface area (Å²) in [6.45, 7) is 9.11. The molecule has 0 aromatic carbocycles. The van der Waals surface area contributed by atoms with Crippen LogP contribution in [0.3, 0.4) is 0 Å². The number of carbonyl (C=O) groups excluding carboxylic acids is 1. The molecule has 0 bridgehead atoms. The molecule has 1 heterocycles. The monoisotopic (exact) mass is 170 g/mol. The van der Waals surface area contributed by atoms with Crippen LogP contribution in [-0.4, -0.2) is 12.6 Å². The molecule has 0 amide bonds. The Morgan fingerprint density at radius 3 is 2.17 bits per heavy atom. The first-order chi connectivity index (χ1) is 5.54. The van der Waals surface area contributed by atoms with Crippen LogP contribution in [0.25, 0.3) is 0 Å². The molecule has 2 heteroatoms. The van der Waals surface area contributed by atoms with Crippen molar-refractivity contribution in [2.45, 2.75) is 27.7 Å². The Hall–Kier alpha value is -0.530. The third kappa shape index (κ3) is 1.62. The van der Waals surface area contributed by atoms with E-state index in [0.29, 0.717) is 24.4 Å². The number of ether oxygens (including phenoxy) is 1. The smallest absolute Gasteiger partial charge is 0.309 e. The van der Waals surface area contributed by atoms with E-state index in [1.165, 1.54) is 0 Å². The highest BCUT2D eigenvalue weighted by molar-refractivity contribution is 5.75. The van der Waals surface area contributed by atoms with Gasteiger partial charge in [0.15, 0.2) is 0 Å². The first-order valence-corrected chi connectivity index (χ1v) is 4.70. The topological polar surface area (TPSA) is 26.3 Å². The van der Waals surface area contributed by atoms with E-state index in [9.17, 15) is 4.79 Å². The molecule has 1 fully saturated rings. The molecular formula is C10H18O2. The minimum atomic E-state index is 0.00343. The molecule has 1 aliphatic rings. The maximum Gasteiger partial charge on any atom is 0.309 e. The fraction of sp³-hybridized carbons (Fsp3) is 0.900. The van der Waals surface area contributed by atoms with Crippen molar-refractivity contribution in [2.75, 3.05) is 6.61 Å². The van der Waals surface area contributed by atoms with Gasteiger partial charge < -0.3 is 4.74 Å². The second kappa shape index (κ2) is 3.46. The van der Waals surface area contributed by atoms with Crippen LogP contribution in [0.4, 0.5) is 0 Å². The quantitative estimate of drug-likeness (QED) is 0.593. The molecule has 0 spiro atoms. The Labute approximate surface area is 74.3 Å². The van der Waals surface area contributed by atoms with Crippen molar-refractivity contribution in [3.8, 4) is 0 Å². The highest BCUT2D eigenvalue weighted by atomic mass is 16.5. The molecule has 70 valence electrons. The van der Waals surface area contributed by atoms with Crippen molar-refractivity contribution in [1.29, 1.82) is 0 Å². The fourth-order valence-corrected chi connectivity index (χ4v) is 1.93. The highest BCUT2D eigenvalue weighted by Gasteiger charge is 2.40. The van der Waals surface area contributed by atoms with E-state index in [1.807, 2.05) is 0 Å². The predicted octanol–water partition coefficient (Wildman–Crippen LogP) is 2.09. The van der Waals surface area contributed by atoms with Crippen molar-refractivity contribution >= 4 is 5.97 Å². The predicted molar refractivity (Wildman–Crippen MR) is 47.6 cm³/mol. The van der Waals surface area contributed by atoms with Crippen LogP contribution >= 0.6 is 0 Å². The van der Waals surface area contributed by atoms with E-state index >= 15 is 0 Å². The average Bonchev–Trinajstić information content (AvgIpc) is 2.30. The van der Waals surface area contributed by atoms with Gasteiger partial charge in [-0.25, -0.2) is 0 Å². The number of esters is 1. The minimum absolute atomic E-state index is 0.00343. The van der Waals surface area contributed by atoms with Crippen molar-refractivity contribution < 1.29 is 9.53 Å². The average molecular weight is 170 g/mol. The lowest BCUT2D eigenvalue weighted by molar-refractivity contribution is -0.142. The summed E-state index contributed by atoms with van der Waals surface area (Å²) in [6.07, 6.45) is 0. The van der Waals surface area contributed by atoms with Gasteiger partial charge in [0.25, 0.3) is 0 Å². The lowest BCUT2D eigenvalue weighted by atomic mass is 9.79. The third-order valence-corrected chi connectivity index (χ3v) is 2.73. The lowest BCUT2D eigenvalue weighted by Crippen LogP contribution is -2.25. The number of rotatable bonds is 2. The maximum atomic E-state index is 11.3. The summed E-state index contributed by atoms with van der Waals surface area (Å²) in [5.41, 5.74) is 0. The maximum absolute atomic E-state index is 11.3. The highest BCUT2D eigenvalue weighted by Crippen LogP contribution is 2.33. The van der Waals surface area contributed by atoms with E-state index in [0.717, 1.165) is 0 Å². The zero-order chi connectivity index (χ0) is 9.30. The lowest BCUT2D eigenvalue weighted by Gasteiger charge is -2.21. The molecule has 0 unspecified atom stereocenters. The Morgan fingerprint density at radius 1 is 1.25 bits per heavy atom. The van der Waals surface area contributed by atoms with Crippen molar-refractivity contribution in [2.24, 2.45) is 23.7 Å². The minimum Gasteiger partial charge on any atom is -0.465 e. The molecule has 0 N–H and O–H groups in total. The molecule has 12 heavy (non-hydrogen) atoms. The van der Waals surface area contributed by atoms with Gasteiger partial charge in [-0.15, -0.1) is 0 Å². The summed E-state index contributed by atoms with van der Waals surface area (Å²) in [7, 11) is 0. The van der Waals surface area contributed by atoms with Crippen LogP contribution in [0.5, 0.6) is 0 Å². The Kier molecular flexibility index (Phi) is 2.76. The van der Waals surface area contributed by atoms with Crippen molar-refractivity contribution in [1.82, 2.24) is 0 Å². The molecule has 1 rings (SSSR count). The summed E-state index contributed by atoms with van der Waals surface area (Å²) < 4.78 is 5.06. The van der Waals surface area contributed by atoms with Gasteiger partial charge in [0.05, 0.1) is 12.5 Å². The van der Waals surface area contributed by atoms with E-state index < -0.39 is 0 Å². The molecular weight excluding hydrogens is 152 g/mol. The molecule has 0 radical (unpaired) electrons.